The molecule has 1 aliphatic heterocycles. The van der Waals surface area contributed by atoms with Crippen LogP contribution in [0, 0.1) is 0 Å². The number of nitrogen functional groups attached to an aromatic ring is 1. The van der Waals surface area contributed by atoms with Crippen LogP contribution in [0.2, 0.25) is 0 Å². The van der Waals surface area contributed by atoms with Crippen molar-refractivity contribution in [3.05, 3.63) is 61.1 Å². The van der Waals surface area contributed by atoms with Crippen molar-refractivity contribution in [3.63, 3.8) is 0 Å². The van der Waals surface area contributed by atoms with E-state index in [-0.39, 0.29) is 0 Å². The lowest BCUT2D eigenvalue weighted by molar-refractivity contribution is 0.647. The molecular formula is C19H21N7. The molecule has 1 saturated heterocycles. The number of hydrogen-bond acceptors (Lipinski definition) is 7. The molecular weight excluding hydrogens is 326 g/mol. The molecule has 1 aliphatic rings. The van der Waals surface area contributed by atoms with Crippen molar-refractivity contribution in [2.24, 2.45) is 0 Å². The molecule has 1 fully saturated rings. The molecule has 0 saturated carbocycles. The Kier molecular flexibility index (Phi) is 4.51. The number of pyridine rings is 1. The minimum absolute atomic E-state index is 0.548. The Morgan fingerprint density at radius 1 is 0.808 bits per heavy atom. The number of anilines is 5. The molecule has 0 spiro atoms. The van der Waals surface area contributed by atoms with Crippen molar-refractivity contribution in [2.75, 3.05) is 47.0 Å². The van der Waals surface area contributed by atoms with Gasteiger partial charge in [0.1, 0.15) is 17.8 Å². The highest BCUT2D eigenvalue weighted by Gasteiger charge is 2.21. The Hall–Kier alpha value is -3.35. The highest BCUT2D eigenvalue weighted by atomic mass is 15.3. The van der Waals surface area contributed by atoms with Gasteiger partial charge >= 0.3 is 0 Å². The number of nitrogens with zero attached hydrogens (tertiary/aromatic N) is 5. The van der Waals surface area contributed by atoms with Crippen molar-refractivity contribution in [1.29, 1.82) is 0 Å². The summed E-state index contributed by atoms with van der Waals surface area (Å²) in [6.07, 6.45) is 3.27. The molecule has 0 bridgehead atoms. The van der Waals surface area contributed by atoms with Crippen LogP contribution in [-0.2, 0) is 0 Å². The minimum Gasteiger partial charge on any atom is -0.393 e. The molecule has 0 unspecified atom stereocenters. The molecule has 3 N–H and O–H groups in total. The first kappa shape index (κ1) is 16.1. The first-order chi connectivity index (χ1) is 12.8. The van der Waals surface area contributed by atoms with E-state index in [0.717, 1.165) is 32.0 Å². The highest BCUT2D eigenvalue weighted by Crippen LogP contribution is 2.29. The van der Waals surface area contributed by atoms with Crippen LogP contribution in [0.15, 0.2) is 61.1 Å². The van der Waals surface area contributed by atoms with Crippen LogP contribution < -0.4 is 20.9 Å². The van der Waals surface area contributed by atoms with E-state index in [1.165, 1.54) is 5.69 Å². The summed E-state index contributed by atoms with van der Waals surface area (Å²) in [5.74, 6) is 2.06. The number of benzene rings is 1. The summed E-state index contributed by atoms with van der Waals surface area (Å²) < 4.78 is 0. The summed E-state index contributed by atoms with van der Waals surface area (Å²) >= 11 is 0. The zero-order valence-corrected chi connectivity index (χ0v) is 14.4. The molecule has 26 heavy (non-hydrogen) atoms. The quantitative estimate of drug-likeness (QED) is 0.750. The highest BCUT2D eigenvalue weighted by molar-refractivity contribution is 5.77. The molecule has 3 aromatic rings. The molecule has 0 amide bonds. The fourth-order valence-corrected chi connectivity index (χ4v) is 3.11. The van der Waals surface area contributed by atoms with E-state index >= 15 is 0 Å². The number of nitrogens with one attached hydrogen (secondary N) is 1. The second-order valence-electron chi connectivity index (χ2n) is 6.11. The van der Waals surface area contributed by atoms with E-state index in [4.69, 9.17) is 5.73 Å². The minimum atomic E-state index is 0.548. The van der Waals surface area contributed by atoms with E-state index in [9.17, 15) is 0 Å². The lowest BCUT2D eigenvalue weighted by atomic mass is 10.2. The number of para-hydroxylation sites is 1. The number of piperazine rings is 1. The van der Waals surface area contributed by atoms with Gasteiger partial charge in [-0.15, -0.1) is 0 Å². The second-order valence-corrected chi connectivity index (χ2v) is 6.11. The van der Waals surface area contributed by atoms with E-state index in [0.29, 0.717) is 17.3 Å². The van der Waals surface area contributed by atoms with Gasteiger partial charge in [-0.3, -0.25) is 0 Å². The largest absolute Gasteiger partial charge is 0.393 e. The lowest BCUT2D eigenvalue weighted by Gasteiger charge is -2.37. The Morgan fingerprint density at radius 2 is 1.54 bits per heavy atom. The maximum Gasteiger partial charge on any atom is 0.160 e. The van der Waals surface area contributed by atoms with Crippen molar-refractivity contribution in [2.45, 2.75) is 0 Å². The van der Waals surface area contributed by atoms with E-state index in [2.05, 4.69) is 54.3 Å². The Bertz CT molecular complexity index is 846. The number of rotatable bonds is 4. The molecule has 1 aromatic carbocycles. The average Bonchev–Trinajstić information content (AvgIpc) is 2.71. The van der Waals surface area contributed by atoms with Crippen LogP contribution >= 0.6 is 0 Å². The van der Waals surface area contributed by atoms with Crippen molar-refractivity contribution in [3.8, 4) is 0 Å². The summed E-state index contributed by atoms with van der Waals surface area (Å²) in [5, 5.41) is 3.16. The summed E-state index contributed by atoms with van der Waals surface area (Å²) in [6.45, 7) is 3.57. The maximum atomic E-state index is 6.34. The smallest absolute Gasteiger partial charge is 0.160 e. The Labute approximate surface area is 152 Å². The predicted molar refractivity (Wildman–Crippen MR) is 105 cm³/mol. The molecule has 0 radical (unpaired) electrons. The number of aromatic nitrogens is 3. The first-order valence-electron chi connectivity index (χ1n) is 8.65. The second kappa shape index (κ2) is 7.26. The van der Waals surface area contributed by atoms with Gasteiger partial charge in [-0.2, -0.15) is 0 Å². The lowest BCUT2D eigenvalue weighted by Crippen LogP contribution is -2.47. The molecule has 0 atom stereocenters. The third kappa shape index (κ3) is 3.37. The van der Waals surface area contributed by atoms with E-state index < -0.39 is 0 Å². The SMILES string of the molecule is Nc1c(Nc2ccccn2)ncnc1N1CCN(c2ccccc2)CC1. The van der Waals surface area contributed by atoms with Gasteiger partial charge in [0.25, 0.3) is 0 Å². The van der Waals surface area contributed by atoms with Gasteiger partial charge in [-0.25, -0.2) is 15.0 Å². The zero-order valence-electron chi connectivity index (χ0n) is 14.4. The van der Waals surface area contributed by atoms with Gasteiger partial charge in [-0.1, -0.05) is 24.3 Å². The molecule has 7 heteroatoms. The Morgan fingerprint density at radius 3 is 2.27 bits per heavy atom. The fraction of sp³-hybridized carbons (Fsp3) is 0.211. The van der Waals surface area contributed by atoms with E-state index in [1.54, 1.807) is 12.5 Å². The predicted octanol–water partition coefficient (Wildman–Crippen LogP) is 2.52. The monoisotopic (exact) mass is 347 g/mol. The van der Waals surface area contributed by atoms with E-state index in [1.807, 2.05) is 24.3 Å². The summed E-state index contributed by atoms with van der Waals surface area (Å²) in [4.78, 5) is 17.5. The third-order valence-electron chi connectivity index (χ3n) is 4.47. The van der Waals surface area contributed by atoms with Gasteiger partial charge in [0.15, 0.2) is 11.6 Å². The average molecular weight is 347 g/mol. The molecule has 0 aliphatic carbocycles. The van der Waals surface area contributed by atoms with Gasteiger partial charge in [0.05, 0.1) is 0 Å². The van der Waals surface area contributed by atoms with Gasteiger partial charge in [0.2, 0.25) is 0 Å². The first-order valence-corrected chi connectivity index (χ1v) is 8.65. The standard InChI is InChI=1S/C19H21N7/c20-17-18(24-16-8-4-5-9-21-16)22-14-23-19(17)26-12-10-25(11-13-26)15-6-2-1-3-7-15/h1-9,14H,10-13,20H2,(H,21,22,23,24). The molecule has 2 aromatic heterocycles. The van der Waals surface area contributed by atoms with Crippen LogP contribution in [0.25, 0.3) is 0 Å². The van der Waals surface area contributed by atoms with Crippen LogP contribution in [0.4, 0.5) is 28.8 Å². The van der Waals surface area contributed by atoms with Crippen LogP contribution in [0.1, 0.15) is 0 Å². The van der Waals surface area contributed by atoms with Gasteiger partial charge in [-0.05, 0) is 24.3 Å². The third-order valence-corrected chi connectivity index (χ3v) is 4.47. The molecule has 7 nitrogen and oxygen atoms in total. The number of nitrogens with two attached hydrogens (primary N) is 1. The molecule has 4 rings (SSSR count). The van der Waals surface area contributed by atoms with Crippen LogP contribution in [0.3, 0.4) is 0 Å². The summed E-state index contributed by atoms with van der Waals surface area (Å²) in [5.41, 5.74) is 8.14. The number of hydrogen-bond donors (Lipinski definition) is 2. The van der Waals surface area contributed by atoms with Crippen LogP contribution in [-0.4, -0.2) is 41.1 Å². The van der Waals surface area contributed by atoms with Crippen molar-refractivity contribution >= 4 is 28.8 Å². The zero-order chi connectivity index (χ0) is 17.8. The molecule has 3 heterocycles. The topological polar surface area (TPSA) is 83.2 Å². The summed E-state index contributed by atoms with van der Waals surface area (Å²) in [7, 11) is 0. The normalized spacial score (nSPS) is 14.3. The van der Waals surface area contributed by atoms with Gasteiger partial charge < -0.3 is 20.9 Å². The van der Waals surface area contributed by atoms with Crippen molar-refractivity contribution < 1.29 is 0 Å². The maximum absolute atomic E-state index is 6.34. The van der Waals surface area contributed by atoms with Gasteiger partial charge in [0, 0.05) is 38.1 Å². The van der Waals surface area contributed by atoms with Crippen molar-refractivity contribution in [1.82, 2.24) is 15.0 Å². The fourth-order valence-electron chi connectivity index (χ4n) is 3.11. The van der Waals surface area contributed by atoms with Crippen LogP contribution in [0.5, 0.6) is 0 Å². The molecule has 132 valence electrons. The Balaban J connectivity index is 1.48. The summed E-state index contributed by atoms with van der Waals surface area (Å²) in [6, 6.07) is 16.1.